The largest absolute Gasteiger partial charge is 0.487 e. The maximum absolute atomic E-state index is 13.1. The lowest BCUT2D eigenvalue weighted by Crippen LogP contribution is -2.47. The van der Waals surface area contributed by atoms with Gasteiger partial charge in [0.15, 0.2) is 0 Å². The number of carbonyl (C=O) groups is 2. The molecule has 3 amide bonds. The smallest absolute Gasteiger partial charge is 0.323 e. The van der Waals surface area contributed by atoms with Gasteiger partial charge in [0, 0.05) is 28.9 Å². The van der Waals surface area contributed by atoms with E-state index in [1.807, 2.05) is 6.07 Å². The summed E-state index contributed by atoms with van der Waals surface area (Å²) in [7, 11) is 0. The molecule has 0 radical (unpaired) electrons. The minimum atomic E-state index is -0.538. The van der Waals surface area contributed by atoms with Crippen LogP contribution in [0.3, 0.4) is 0 Å². The van der Waals surface area contributed by atoms with Crippen LogP contribution in [-0.2, 0) is 9.53 Å². The van der Waals surface area contributed by atoms with E-state index in [0.29, 0.717) is 23.5 Å². The number of fused-ring (bicyclic) bond motifs is 3. The van der Waals surface area contributed by atoms with Gasteiger partial charge in [0.2, 0.25) is 5.91 Å². The number of anilines is 2. The summed E-state index contributed by atoms with van der Waals surface area (Å²) in [5.74, 6) is 0.213. The molecule has 0 bridgehead atoms. The van der Waals surface area contributed by atoms with Gasteiger partial charge in [-0.1, -0.05) is 12.8 Å². The van der Waals surface area contributed by atoms with E-state index in [-0.39, 0.29) is 48.9 Å². The predicted molar refractivity (Wildman–Crippen MR) is 128 cm³/mol. The van der Waals surface area contributed by atoms with Crippen molar-refractivity contribution in [3.63, 3.8) is 0 Å². The minimum Gasteiger partial charge on any atom is -0.487 e. The van der Waals surface area contributed by atoms with Crippen LogP contribution in [0.25, 0.3) is 0 Å². The molecular weight excluding hydrogens is 453 g/mol. The van der Waals surface area contributed by atoms with Crippen LogP contribution < -0.4 is 20.7 Å². The molecule has 0 spiro atoms. The van der Waals surface area contributed by atoms with Crippen molar-refractivity contribution < 1.29 is 28.6 Å². The molecule has 2 aromatic carbocycles. The van der Waals surface area contributed by atoms with E-state index in [0.717, 1.165) is 31.2 Å². The van der Waals surface area contributed by atoms with E-state index in [1.165, 1.54) is 24.3 Å². The zero-order valence-electron chi connectivity index (χ0n) is 19.3. The van der Waals surface area contributed by atoms with Crippen LogP contribution in [-0.4, -0.2) is 48.0 Å². The summed E-state index contributed by atoms with van der Waals surface area (Å²) in [6, 6.07) is 10.7. The molecule has 35 heavy (non-hydrogen) atoms. The zero-order valence-corrected chi connectivity index (χ0v) is 19.3. The van der Waals surface area contributed by atoms with Gasteiger partial charge in [-0.05, 0) is 61.7 Å². The van der Waals surface area contributed by atoms with Crippen molar-refractivity contribution >= 4 is 23.3 Å². The van der Waals surface area contributed by atoms with E-state index in [2.05, 4.69) is 16.0 Å². The van der Waals surface area contributed by atoms with E-state index in [9.17, 15) is 19.1 Å². The average Bonchev–Trinajstić information content (AvgIpc) is 3.47. The predicted octanol–water partition coefficient (Wildman–Crippen LogP) is 3.91. The number of amides is 3. The fraction of sp³-hybridized carbons (Fsp3) is 0.462. The summed E-state index contributed by atoms with van der Waals surface area (Å²) in [6.07, 6.45) is 3.93. The Bertz CT molecular complexity index is 1070. The Morgan fingerprint density at radius 1 is 1.03 bits per heavy atom. The Kier molecular flexibility index (Phi) is 6.88. The molecular formula is C26H30FN3O5. The molecule has 4 atom stereocenters. The maximum atomic E-state index is 13.1. The molecule has 8 nitrogen and oxygen atoms in total. The number of nitrogens with one attached hydrogen (secondary N) is 3. The Balaban J connectivity index is 1.25. The van der Waals surface area contributed by atoms with Crippen molar-refractivity contribution in [2.75, 3.05) is 17.2 Å². The van der Waals surface area contributed by atoms with E-state index >= 15 is 0 Å². The highest BCUT2D eigenvalue weighted by Gasteiger charge is 2.46. The summed E-state index contributed by atoms with van der Waals surface area (Å²) < 4.78 is 25.2. The molecule has 1 saturated heterocycles. The molecule has 0 aromatic heterocycles. The lowest BCUT2D eigenvalue weighted by Gasteiger charge is -2.37. The van der Waals surface area contributed by atoms with Gasteiger partial charge in [0.1, 0.15) is 23.8 Å². The standard InChI is InChI=1S/C26H30FN3O5/c27-15-5-7-17(8-6-15)29-26(33)30-18-9-10-22-20(11-18)21-12-19(34-23(14-31)25(21)35-22)13-24(32)28-16-3-1-2-4-16/h5-11,16,19,21,23,25,31H,1-4,12-14H2,(H,28,32)(H2,29,30,33)/t19-,21+,23-,25-/m0/s1. The number of aliphatic hydroxyl groups excluding tert-OH is 1. The van der Waals surface area contributed by atoms with Gasteiger partial charge in [-0.3, -0.25) is 4.79 Å². The highest BCUT2D eigenvalue weighted by atomic mass is 19.1. The van der Waals surface area contributed by atoms with Crippen molar-refractivity contribution in [3.05, 3.63) is 53.8 Å². The number of benzene rings is 2. The summed E-state index contributed by atoms with van der Waals surface area (Å²) in [4.78, 5) is 25.0. The first-order valence-corrected chi connectivity index (χ1v) is 12.2. The fourth-order valence-electron chi connectivity index (χ4n) is 5.36. The van der Waals surface area contributed by atoms with Gasteiger partial charge in [0.05, 0.1) is 19.1 Å². The molecule has 2 heterocycles. The lowest BCUT2D eigenvalue weighted by atomic mass is 9.84. The highest BCUT2D eigenvalue weighted by molar-refractivity contribution is 5.99. The normalized spacial score (nSPS) is 25.3. The third-order valence-corrected chi connectivity index (χ3v) is 6.99. The number of halogens is 1. The SMILES string of the molecule is O=C(C[C@@H]1C[C@@H]2c3cc(NC(=O)Nc4ccc(F)cc4)ccc3O[C@@H]2[C@H](CO)O1)NC1CCCC1. The zero-order chi connectivity index (χ0) is 24.4. The molecule has 2 fully saturated rings. The number of carbonyl (C=O) groups excluding carboxylic acids is 2. The first-order valence-electron chi connectivity index (χ1n) is 12.2. The summed E-state index contributed by atoms with van der Waals surface area (Å²) >= 11 is 0. The van der Waals surface area contributed by atoms with Crippen LogP contribution in [0.15, 0.2) is 42.5 Å². The number of urea groups is 1. The minimum absolute atomic E-state index is 0.0240. The molecule has 4 N–H and O–H groups in total. The lowest BCUT2D eigenvalue weighted by molar-refractivity contribution is -0.142. The molecule has 1 aliphatic carbocycles. The number of hydrogen-bond acceptors (Lipinski definition) is 5. The van der Waals surface area contributed by atoms with Gasteiger partial charge >= 0.3 is 6.03 Å². The summed E-state index contributed by atoms with van der Waals surface area (Å²) in [5, 5.41) is 18.5. The third kappa shape index (κ3) is 5.41. The third-order valence-electron chi connectivity index (χ3n) is 6.99. The molecule has 5 rings (SSSR count). The van der Waals surface area contributed by atoms with Crippen molar-refractivity contribution in [1.29, 1.82) is 0 Å². The molecule has 186 valence electrons. The van der Waals surface area contributed by atoms with Gasteiger partial charge in [0.25, 0.3) is 0 Å². The second-order valence-electron chi connectivity index (χ2n) is 9.50. The van der Waals surface area contributed by atoms with Crippen LogP contribution in [0.2, 0.25) is 0 Å². The first kappa shape index (κ1) is 23.6. The van der Waals surface area contributed by atoms with Crippen LogP contribution in [0.1, 0.15) is 50.0 Å². The number of rotatable bonds is 6. The van der Waals surface area contributed by atoms with E-state index in [4.69, 9.17) is 9.47 Å². The van der Waals surface area contributed by atoms with Gasteiger partial charge < -0.3 is 30.5 Å². The molecule has 0 unspecified atom stereocenters. The Labute approximate surface area is 203 Å². The van der Waals surface area contributed by atoms with Crippen LogP contribution >= 0.6 is 0 Å². The van der Waals surface area contributed by atoms with Crippen molar-refractivity contribution in [2.45, 2.75) is 68.8 Å². The van der Waals surface area contributed by atoms with Crippen molar-refractivity contribution in [1.82, 2.24) is 5.32 Å². The second kappa shape index (κ2) is 10.2. The first-order chi connectivity index (χ1) is 17.0. The Morgan fingerprint density at radius 3 is 2.49 bits per heavy atom. The molecule has 3 aliphatic rings. The Hall–Kier alpha value is -3.17. The number of aliphatic hydroxyl groups is 1. The molecule has 1 saturated carbocycles. The summed E-state index contributed by atoms with van der Waals surface area (Å²) in [6.45, 7) is -0.207. The van der Waals surface area contributed by atoms with Gasteiger partial charge in [-0.15, -0.1) is 0 Å². The van der Waals surface area contributed by atoms with E-state index < -0.39 is 12.1 Å². The highest BCUT2D eigenvalue weighted by Crippen LogP contribution is 2.47. The van der Waals surface area contributed by atoms with Gasteiger partial charge in [-0.2, -0.15) is 0 Å². The fourth-order valence-corrected chi connectivity index (χ4v) is 5.36. The van der Waals surface area contributed by atoms with Crippen molar-refractivity contribution in [3.8, 4) is 5.75 Å². The average molecular weight is 484 g/mol. The topological polar surface area (TPSA) is 109 Å². The quantitative estimate of drug-likeness (QED) is 0.498. The molecule has 2 aromatic rings. The van der Waals surface area contributed by atoms with Crippen LogP contribution in [0.5, 0.6) is 5.75 Å². The van der Waals surface area contributed by atoms with E-state index in [1.54, 1.807) is 12.1 Å². The maximum Gasteiger partial charge on any atom is 0.323 e. The van der Waals surface area contributed by atoms with Gasteiger partial charge in [-0.25, -0.2) is 9.18 Å². The number of ether oxygens (including phenoxy) is 2. The monoisotopic (exact) mass is 483 g/mol. The second-order valence-corrected chi connectivity index (χ2v) is 9.50. The van der Waals surface area contributed by atoms with Crippen LogP contribution in [0.4, 0.5) is 20.6 Å². The van der Waals surface area contributed by atoms with Crippen molar-refractivity contribution in [2.24, 2.45) is 0 Å². The van der Waals surface area contributed by atoms with Crippen LogP contribution in [0, 0.1) is 5.82 Å². The Morgan fingerprint density at radius 2 is 1.74 bits per heavy atom. The molecule has 9 heteroatoms. The number of hydrogen-bond donors (Lipinski definition) is 4. The molecule has 2 aliphatic heterocycles. The summed E-state index contributed by atoms with van der Waals surface area (Å²) in [5.41, 5.74) is 1.97.